The van der Waals surface area contributed by atoms with Crippen LogP contribution >= 0.6 is 0 Å². The maximum absolute atomic E-state index is 12.9. The van der Waals surface area contributed by atoms with Crippen LogP contribution in [-0.2, 0) is 6.42 Å². The van der Waals surface area contributed by atoms with Gasteiger partial charge < -0.3 is 10.1 Å². The van der Waals surface area contributed by atoms with Gasteiger partial charge in [0.15, 0.2) is 0 Å². The van der Waals surface area contributed by atoms with E-state index >= 15 is 0 Å². The predicted octanol–water partition coefficient (Wildman–Crippen LogP) is 4.12. The third kappa shape index (κ3) is 4.57. The zero-order valence-corrected chi connectivity index (χ0v) is 12.8. The van der Waals surface area contributed by atoms with E-state index in [1.54, 1.807) is 7.11 Å². The number of rotatable bonds is 6. The van der Waals surface area contributed by atoms with E-state index in [0.717, 1.165) is 17.7 Å². The fourth-order valence-electron chi connectivity index (χ4n) is 2.47. The van der Waals surface area contributed by atoms with Gasteiger partial charge >= 0.3 is 0 Å². The largest absolute Gasteiger partial charge is 0.497 e. The minimum Gasteiger partial charge on any atom is -0.497 e. The molecule has 2 atom stereocenters. The number of benzene rings is 2. The minimum absolute atomic E-state index is 0.191. The lowest BCUT2D eigenvalue weighted by molar-refractivity contribution is 0.412. The summed E-state index contributed by atoms with van der Waals surface area (Å²) in [4.78, 5) is 0. The van der Waals surface area contributed by atoms with E-state index in [1.807, 2.05) is 30.3 Å². The Kier molecular flexibility index (Phi) is 5.34. The zero-order valence-electron chi connectivity index (χ0n) is 12.8. The number of methoxy groups -OCH3 is 1. The first-order valence-electron chi connectivity index (χ1n) is 7.23. The molecule has 0 saturated heterocycles. The van der Waals surface area contributed by atoms with Crippen LogP contribution in [0.1, 0.15) is 31.0 Å². The number of ether oxygens (including phenoxy) is 1. The molecule has 112 valence electrons. The van der Waals surface area contributed by atoms with E-state index in [1.165, 1.54) is 17.7 Å². The minimum atomic E-state index is -0.191. The average Bonchev–Trinajstić information content (AvgIpc) is 2.49. The first-order chi connectivity index (χ1) is 10.1. The van der Waals surface area contributed by atoms with Crippen LogP contribution in [0.15, 0.2) is 48.5 Å². The van der Waals surface area contributed by atoms with Crippen molar-refractivity contribution in [3.05, 3.63) is 65.5 Å². The van der Waals surface area contributed by atoms with E-state index in [9.17, 15) is 4.39 Å². The molecule has 0 aliphatic carbocycles. The molecule has 0 heterocycles. The Balaban J connectivity index is 1.94. The van der Waals surface area contributed by atoms with Crippen molar-refractivity contribution >= 4 is 0 Å². The van der Waals surface area contributed by atoms with Crippen molar-refractivity contribution in [3.8, 4) is 5.75 Å². The van der Waals surface area contributed by atoms with E-state index in [2.05, 4.69) is 25.2 Å². The normalized spacial score (nSPS) is 13.7. The van der Waals surface area contributed by atoms with Crippen LogP contribution in [-0.4, -0.2) is 13.2 Å². The summed E-state index contributed by atoms with van der Waals surface area (Å²) in [6.45, 7) is 4.27. The van der Waals surface area contributed by atoms with Crippen LogP contribution in [0, 0.1) is 5.82 Å². The van der Waals surface area contributed by atoms with Gasteiger partial charge in [-0.15, -0.1) is 0 Å². The second kappa shape index (κ2) is 7.23. The number of hydrogen-bond acceptors (Lipinski definition) is 2. The molecule has 0 radical (unpaired) electrons. The fraction of sp³-hybridized carbons (Fsp3) is 0.333. The molecule has 1 N–H and O–H groups in total. The first kappa shape index (κ1) is 15.5. The second-order valence-electron chi connectivity index (χ2n) is 5.40. The Hall–Kier alpha value is -1.87. The molecule has 0 spiro atoms. The van der Waals surface area contributed by atoms with Gasteiger partial charge in [0.25, 0.3) is 0 Å². The third-order valence-corrected chi connectivity index (χ3v) is 3.58. The standard InChI is InChI=1S/C18H22FNO/c1-13(11-15-7-9-17(19)10-8-15)20-14(2)16-5-4-6-18(12-16)21-3/h4-10,12-14,20H,11H2,1-3H3/t13?,14-/m1/s1. The lowest BCUT2D eigenvalue weighted by atomic mass is 10.0. The summed E-state index contributed by atoms with van der Waals surface area (Å²) in [6.07, 6.45) is 0.870. The molecule has 0 saturated carbocycles. The molecular formula is C18H22FNO. The highest BCUT2D eigenvalue weighted by Gasteiger charge is 2.10. The van der Waals surface area contributed by atoms with Crippen molar-refractivity contribution in [2.24, 2.45) is 0 Å². The Morgan fingerprint density at radius 3 is 2.48 bits per heavy atom. The van der Waals surface area contributed by atoms with Gasteiger partial charge in [0.2, 0.25) is 0 Å². The van der Waals surface area contributed by atoms with Crippen molar-refractivity contribution in [2.45, 2.75) is 32.4 Å². The molecule has 0 fully saturated rings. The smallest absolute Gasteiger partial charge is 0.123 e. The zero-order chi connectivity index (χ0) is 15.2. The number of halogens is 1. The summed E-state index contributed by atoms with van der Waals surface area (Å²) in [5.41, 5.74) is 2.33. The summed E-state index contributed by atoms with van der Waals surface area (Å²) in [5.74, 6) is 0.677. The van der Waals surface area contributed by atoms with Gasteiger partial charge in [-0.1, -0.05) is 24.3 Å². The highest BCUT2D eigenvalue weighted by atomic mass is 19.1. The Morgan fingerprint density at radius 2 is 1.81 bits per heavy atom. The SMILES string of the molecule is COc1cccc([C@@H](C)NC(C)Cc2ccc(F)cc2)c1. The molecule has 2 aromatic carbocycles. The van der Waals surface area contributed by atoms with Crippen LogP contribution in [0.4, 0.5) is 4.39 Å². The highest BCUT2D eigenvalue weighted by molar-refractivity contribution is 5.30. The molecule has 0 aliphatic rings. The summed E-state index contributed by atoms with van der Waals surface area (Å²) in [7, 11) is 1.67. The fourth-order valence-corrected chi connectivity index (χ4v) is 2.47. The average molecular weight is 287 g/mol. The van der Waals surface area contributed by atoms with Crippen LogP contribution < -0.4 is 10.1 Å². The summed E-state index contributed by atoms with van der Waals surface area (Å²) in [5, 5.41) is 3.56. The van der Waals surface area contributed by atoms with Crippen molar-refractivity contribution in [3.63, 3.8) is 0 Å². The topological polar surface area (TPSA) is 21.3 Å². The highest BCUT2D eigenvalue weighted by Crippen LogP contribution is 2.19. The molecule has 0 bridgehead atoms. The third-order valence-electron chi connectivity index (χ3n) is 3.58. The number of hydrogen-bond donors (Lipinski definition) is 1. The monoisotopic (exact) mass is 287 g/mol. The first-order valence-corrected chi connectivity index (χ1v) is 7.23. The lowest BCUT2D eigenvalue weighted by Crippen LogP contribution is -2.30. The second-order valence-corrected chi connectivity index (χ2v) is 5.40. The Bertz CT molecular complexity index is 568. The van der Waals surface area contributed by atoms with Gasteiger partial charge in [0, 0.05) is 12.1 Å². The number of nitrogens with one attached hydrogen (secondary N) is 1. The van der Waals surface area contributed by atoms with Crippen molar-refractivity contribution < 1.29 is 9.13 Å². The molecule has 0 aliphatic heterocycles. The van der Waals surface area contributed by atoms with Gasteiger partial charge in [-0.2, -0.15) is 0 Å². The van der Waals surface area contributed by atoms with Gasteiger partial charge in [-0.25, -0.2) is 4.39 Å². The van der Waals surface area contributed by atoms with E-state index in [4.69, 9.17) is 4.74 Å². The summed E-state index contributed by atoms with van der Waals surface area (Å²) in [6, 6.07) is 15.3. The summed E-state index contributed by atoms with van der Waals surface area (Å²) < 4.78 is 18.2. The van der Waals surface area contributed by atoms with Crippen LogP contribution in [0.5, 0.6) is 5.75 Å². The van der Waals surface area contributed by atoms with E-state index in [0.29, 0.717) is 6.04 Å². The van der Waals surface area contributed by atoms with Crippen molar-refractivity contribution in [1.82, 2.24) is 5.32 Å². The van der Waals surface area contributed by atoms with Crippen molar-refractivity contribution in [1.29, 1.82) is 0 Å². The van der Waals surface area contributed by atoms with Crippen LogP contribution in [0.2, 0.25) is 0 Å². The molecule has 2 rings (SSSR count). The predicted molar refractivity (Wildman–Crippen MR) is 84.1 cm³/mol. The molecule has 21 heavy (non-hydrogen) atoms. The maximum atomic E-state index is 12.9. The molecule has 2 aromatic rings. The van der Waals surface area contributed by atoms with Gasteiger partial charge in [0.05, 0.1) is 7.11 Å². The van der Waals surface area contributed by atoms with Crippen LogP contribution in [0.3, 0.4) is 0 Å². The molecular weight excluding hydrogens is 265 g/mol. The summed E-state index contributed by atoms with van der Waals surface area (Å²) >= 11 is 0. The molecule has 0 aromatic heterocycles. The van der Waals surface area contributed by atoms with Crippen LogP contribution in [0.25, 0.3) is 0 Å². The molecule has 2 nitrogen and oxygen atoms in total. The van der Waals surface area contributed by atoms with Gasteiger partial charge in [0.1, 0.15) is 11.6 Å². The van der Waals surface area contributed by atoms with E-state index in [-0.39, 0.29) is 11.9 Å². The van der Waals surface area contributed by atoms with Gasteiger partial charge in [-0.3, -0.25) is 0 Å². The Labute approximate surface area is 126 Å². The molecule has 0 amide bonds. The van der Waals surface area contributed by atoms with Gasteiger partial charge in [-0.05, 0) is 55.7 Å². The van der Waals surface area contributed by atoms with Crippen molar-refractivity contribution in [2.75, 3.05) is 7.11 Å². The maximum Gasteiger partial charge on any atom is 0.123 e. The molecule has 1 unspecified atom stereocenters. The Morgan fingerprint density at radius 1 is 1.10 bits per heavy atom. The molecule has 3 heteroatoms. The van der Waals surface area contributed by atoms with E-state index < -0.39 is 0 Å². The lowest BCUT2D eigenvalue weighted by Gasteiger charge is -2.21. The quantitative estimate of drug-likeness (QED) is 0.863.